The summed E-state index contributed by atoms with van der Waals surface area (Å²) in [7, 11) is 1.64. The van der Waals surface area contributed by atoms with E-state index in [4.69, 9.17) is 9.47 Å². The number of anilines is 1. The molecule has 1 aliphatic heterocycles. The SMILES string of the molecule is CC(C)CCOc1nn(C)c(=O)cc1N1CCOCC1. The van der Waals surface area contributed by atoms with Gasteiger partial charge in [-0.15, -0.1) is 5.10 Å². The third kappa shape index (κ3) is 3.72. The minimum atomic E-state index is -0.122. The molecule has 6 heteroatoms. The standard InChI is InChI=1S/C14H23N3O3/c1-11(2)4-7-20-14-12(10-13(18)16(3)15-14)17-5-8-19-9-6-17/h10-11H,4-9H2,1-3H3. The molecular formula is C14H23N3O3. The van der Waals surface area contributed by atoms with Crippen molar-refractivity contribution in [1.82, 2.24) is 9.78 Å². The summed E-state index contributed by atoms with van der Waals surface area (Å²) in [5, 5.41) is 4.24. The lowest BCUT2D eigenvalue weighted by Crippen LogP contribution is -2.37. The summed E-state index contributed by atoms with van der Waals surface area (Å²) in [5.41, 5.74) is 0.655. The topological polar surface area (TPSA) is 56.6 Å². The highest BCUT2D eigenvalue weighted by molar-refractivity contribution is 5.54. The van der Waals surface area contributed by atoms with Crippen molar-refractivity contribution >= 4 is 5.69 Å². The maximum Gasteiger partial charge on any atom is 0.268 e. The number of aromatic nitrogens is 2. The zero-order valence-electron chi connectivity index (χ0n) is 12.5. The zero-order chi connectivity index (χ0) is 14.5. The summed E-state index contributed by atoms with van der Waals surface area (Å²) in [6.45, 7) is 7.77. The Hall–Kier alpha value is -1.56. The van der Waals surface area contributed by atoms with E-state index in [1.165, 1.54) is 4.68 Å². The number of nitrogens with zero attached hydrogens (tertiary/aromatic N) is 3. The number of hydrogen-bond acceptors (Lipinski definition) is 5. The van der Waals surface area contributed by atoms with Crippen LogP contribution in [0.2, 0.25) is 0 Å². The summed E-state index contributed by atoms with van der Waals surface area (Å²) in [4.78, 5) is 13.9. The van der Waals surface area contributed by atoms with Crippen LogP contribution in [0.1, 0.15) is 20.3 Å². The van der Waals surface area contributed by atoms with E-state index in [9.17, 15) is 4.79 Å². The van der Waals surface area contributed by atoms with Crippen LogP contribution >= 0.6 is 0 Å². The molecule has 1 aromatic rings. The average Bonchev–Trinajstić information content (AvgIpc) is 2.43. The minimum Gasteiger partial charge on any atom is -0.475 e. The number of aryl methyl sites for hydroxylation is 1. The fraction of sp³-hybridized carbons (Fsp3) is 0.714. The molecule has 20 heavy (non-hydrogen) atoms. The molecule has 1 aliphatic rings. The summed E-state index contributed by atoms with van der Waals surface area (Å²) in [6.07, 6.45) is 0.965. The molecule has 0 unspecified atom stereocenters. The van der Waals surface area contributed by atoms with Gasteiger partial charge in [-0.25, -0.2) is 4.68 Å². The Morgan fingerprint density at radius 1 is 1.40 bits per heavy atom. The molecule has 0 N–H and O–H groups in total. The Morgan fingerprint density at radius 3 is 2.75 bits per heavy atom. The van der Waals surface area contributed by atoms with E-state index in [0.717, 1.165) is 25.2 Å². The molecule has 112 valence electrons. The zero-order valence-corrected chi connectivity index (χ0v) is 12.5. The van der Waals surface area contributed by atoms with E-state index in [0.29, 0.717) is 31.6 Å². The van der Waals surface area contributed by atoms with Crippen molar-refractivity contribution in [3.05, 3.63) is 16.4 Å². The van der Waals surface area contributed by atoms with E-state index in [1.54, 1.807) is 13.1 Å². The predicted molar refractivity (Wildman–Crippen MR) is 77.5 cm³/mol. The van der Waals surface area contributed by atoms with Crippen LogP contribution in [0.15, 0.2) is 10.9 Å². The van der Waals surface area contributed by atoms with Gasteiger partial charge in [0.05, 0.1) is 19.8 Å². The highest BCUT2D eigenvalue weighted by atomic mass is 16.5. The lowest BCUT2D eigenvalue weighted by atomic mass is 10.1. The van der Waals surface area contributed by atoms with Gasteiger partial charge in [0.2, 0.25) is 0 Å². The van der Waals surface area contributed by atoms with Crippen LogP contribution in [-0.4, -0.2) is 42.7 Å². The van der Waals surface area contributed by atoms with Gasteiger partial charge < -0.3 is 14.4 Å². The van der Waals surface area contributed by atoms with Gasteiger partial charge in [0, 0.05) is 26.2 Å². The van der Waals surface area contributed by atoms with Gasteiger partial charge in [-0.3, -0.25) is 4.79 Å². The Morgan fingerprint density at radius 2 is 2.10 bits per heavy atom. The molecule has 1 aromatic heterocycles. The fourth-order valence-corrected chi connectivity index (χ4v) is 2.03. The lowest BCUT2D eigenvalue weighted by Gasteiger charge is -2.29. The quantitative estimate of drug-likeness (QED) is 0.807. The van der Waals surface area contributed by atoms with Crippen molar-refractivity contribution in [2.24, 2.45) is 13.0 Å². The van der Waals surface area contributed by atoms with Crippen molar-refractivity contribution in [2.75, 3.05) is 37.8 Å². The first-order valence-electron chi connectivity index (χ1n) is 7.12. The number of rotatable bonds is 5. The number of morpholine rings is 1. The van der Waals surface area contributed by atoms with Crippen LogP contribution in [0.5, 0.6) is 5.88 Å². The van der Waals surface area contributed by atoms with Crippen molar-refractivity contribution in [1.29, 1.82) is 0 Å². The van der Waals surface area contributed by atoms with Gasteiger partial charge in [-0.1, -0.05) is 13.8 Å². The molecule has 2 heterocycles. The monoisotopic (exact) mass is 281 g/mol. The van der Waals surface area contributed by atoms with Crippen molar-refractivity contribution in [2.45, 2.75) is 20.3 Å². The van der Waals surface area contributed by atoms with Crippen LogP contribution < -0.4 is 15.2 Å². The first-order valence-corrected chi connectivity index (χ1v) is 7.12. The summed E-state index contributed by atoms with van der Waals surface area (Å²) < 4.78 is 12.4. The first-order chi connectivity index (χ1) is 9.58. The van der Waals surface area contributed by atoms with Gasteiger partial charge >= 0.3 is 0 Å². The Balaban J connectivity index is 2.18. The number of hydrogen-bond donors (Lipinski definition) is 0. The molecule has 6 nitrogen and oxygen atoms in total. The molecule has 0 spiro atoms. The highest BCUT2D eigenvalue weighted by Gasteiger charge is 2.18. The molecule has 1 fully saturated rings. The summed E-state index contributed by atoms with van der Waals surface area (Å²) in [5.74, 6) is 1.11. The maximum absolute atomic E-state index is 11.8. The van der Waals surface area contributed by atoms with Gasteiger partial charge in [0.1, 0.15) is 5.69 Å². The van der Waals surface area contributed by atoms with Gasteiger partial charge in [0.15, 0.2) is 0 Å². The van der Waals surface area contributed by atoms with Crippen LogP contribution in [0.3, 0.4) is 0 Å². The van der Waals surface area contributed by atoms with Crippen molar-refractivity contribution in [3.63, 3.8) is 0 Å². The average molecular weight is 281 g/mol. The van der Waals surface area contributed by atoms with Gasteiger partial charge in [-0.2, -0.15) is 0 Å². The first kappa shape index (κ1) is 14.8. The molecular weight excluding hydrogens is 258 g/mol. The van der Waals surface area contributed by atoms with E-state index in [1.807, 2.05) is 0 Å². The van der Waals surface area contributed by atoms with Crippen LogP contribution in [0.25, 0.3) is 0 Å². The molecule has 0 aliphatic carbocycles. The van der Waals surface area contributed by atoms with Gasteiger partial charge in [-0.05, 0) is 12.3 Å². The molecule has 0 amide bonds. The normalized spacial score (nSPS) is 15.7. The molecule has 0 radical (unpaired) electrons. The Labute approximate surface area is 119 Å². The van der Waals surface area contributed by atoms with Crippen LogP contribution in [0, 0.1) is 5.92 Å². The second kappa shape index (κ2) is 6.74. The summed E-state index contributed by atoms with van der Waals surface area (Å²) in [6, 6.07) is 1.60. The maximum atomic E-state index is 11.8. The second-order valence-corrected chi connectivity index (χ2v) is 5.43. The highest BCUT2D eigenvalue weighted by Crippen LogP contribution is 2.25. The van der Waals surface area contributed by atoms with E-state index >= 15 is 0 Å². The lowest BCUT2D eigenvalue weighted by molar-refractivity contribution is 0.122. The molecule has 0 bridgehead atoms. The Bertz CT molecular complexity index is 493. The smallest absolute Gasteiger partial charge is 0.268 e. The third-order valence-electron chi connectivity index (χ3n) is 3.32. The molecule has 0 aromatic carbocycles. The number of ether oxygens (including phenoxy) is 2. The minimum absolute atomic E-state index is 0.122. The molecule has 1 saturated heterocycles. The molecule has 2 rings (SSSR count). The van der Waals surface area contributed by atoms with Crippen LogP contribution in [0.4, 0.5) is 5.69 Å². The second-order valence-electron chi connectivity index (χ2n) is 5.43. The largest absolute Gasteiger partial charge is 0.475 e. The fourth-order valence-electron chi connectivity index (χ4n) is 2.03. The Kier molecular flexibility index (Phi) is 5.00. The van der Waals surface area contributed by atoms with E-state index in [2.05, 4.69) is 23.8 Å². The van der Waals surface area contributed by atoms with Crippen molar-refractivity contribution in [3.8, 4) is 5.88 Å². The third-order valence-corrected chi connectivity index (χ3v) is 3.32. The van der Waals surface area contributed by atoms with E-state index < -0.39 is 0 Å². The van der Waals surface area contributed by atoms with Crippen molar-refractivity contribution < 1.29 is 9.47 Å². The molecule has 0 saturated carbocycles. The van der Waals surface area contributed by atoms with E-state index in [-0.39, 0.29) is 5.56 Å². The van der Waals surface area contributed by atoms with Crippen LogP contribution in [-0.2, 0) is 11.8 Å². The molecule has 0 atom stereocenters. The predicted octanol–water partition coefficient (Wildman–Crippen LogP) is 1.04. The van der Waals surface area contributed by atoms with Gasteiger partial charge in [0.25, 0.3) is 11.4 Å². The summed E-state index contributed by atoms with van der Waals surface area (Å²) >= 11 is 0.